The van der Waals surface area contributed by atoms with Gasteiger partial charge in [0.1, 0.15) is 0 Å². The minimum Gasteiger partial charge on any atom is -0.493 e. The van der Waals surface area contributed by atoms with Crippen LogP contribution in [0.4, 0.5) is 0 Å². The van der Waals surface area contributed by atoms with Crippen LogP contribution in [-0.4, -0.2) is 54.3 Å². The zero-order valence-corrected chi connectivity index (χ0v) is 17.3. The lowest BCUT2D eigenvalue weighted by atomic mass is 9.93. The zero-order chi connectivity index (χ0) is 19.9. The highest BCUT2D eigenvalue weighted by Gasteiger charge is 2.28. The van der Waals surface area contributed by atoms with Gasteiger partial charge in [0, 0.05) is 39.1 Å². The highest BCUT2D eigenvalue weighted by atomic mass is 16.5. The van der Waals surface area contributed by atoms with Crippen LogP contribution in [0.2, 0.25) is 0 Å². The first-order chi connectivity index (χ1) is 13.7. The first-order valence-electron chi connectivity index (χ1n) is 9.89. The second kappa shape index (κ2) is 9.48. The van der Waals surface area contributed by atoms with E-state index in [9.17, 15) is 0 Å². The monoisotopic (exact) mass is 385 g/mol. The van der Waals surface area contributed by atoms with Gasteiger partial charge in [-0.3, -0.25) is 4.99 Å². The number of rotatable bonds is 6. The second-order valence-corrected chi connectivity index (χ2v) is 7.11. The molecule has 1 aromatic heterocycles. The number of methoxy groups -OCH3 is 1. The number of ether oxygens (including phenoxy) is 2. The van der Waals surface area contributed by atoms with Crippen LogP contribution in [0.3, 0.4) is 0 Å². The molecular weight excluding hydrogens is 354 g/mol. The Balaban J connectivity index is 1.64. The average Bonchev–Trinajstić information content (AvgIpc) is 3.25. The summed E-state index contributed by atoms with van der Waals surface area (Å²) in [4.78, 5) is 11.0. The molecule has 1 fully saturated rings. The van der Waals surface area contributed by atoms with Crippen LogP contribution >= 0.6 is 0 Å². The Morgan fingerprint density at radius 1 is 1.36 bits per heavy atom. The number of piperidine rings is 1. The molecule has 152 valence electrons. The largest absolute Gasteiger partial charge is 0.493 e. The Bertz CT molecular complexity index is 775. The van der Waals surface area contributed by atoms with E-state index in [1.165, 1.54) is 0 Å². The molecule has 7 nitrogen and oxygen atoms in total. The number of imidazole rings is 1. The highest BCUT2D eigenvalue weighted by Crippen LogP contribution is 2.29. The molecule has 1 aromatic carbocycles. The Hall–Kier alpha value is -2.70. The van der Waals surface area contributed by atoms with Crippen molar-refractivity contribution < 1.29 is 9.47 Å². The Kier molecular flexibility index (Phi) is 6.79. The molecule has 1 saturated heterocycles. The molecule has 2 atom stereocenters. The number of likely N-dealkylation sites (tertiary alicyclic amines) is 1. The van der Waals surface area contributed by atoms with Gasteiger partial charge in [-0.2, -0.15) is 0 Å². The van der Waals surface area contributed by atoms with Crippen molar-refractivity contribution in [3.05, 3.63) is 42.5 Å². The maximum atomic E-state index is 5.60. The molecular formula is C21H31N5O2. The lowest BCUT2D eigenvalue weighted by Crippen LogP contribution is -2.48. The first-order valence-corrected chi connectivity index (χ1v) is 9.89. The van der Waals surface area contributed by atoms with E-state index < -0.39 is 0 Å². The molecule has 1 N–H and O–H groups in total. The Labute approximate surface area is 167 Å². The Morgan fingerprint density at radius 2 is 2.21 bits per heavy atom. The van der Waals surface area contributed by atoms with Crippen molar-refractivity contribution in [1.29, 1.82) is 0 Å². The molecule has 0 bridgehead atoms. The van der Waals surface area contributed by atoms with Crippen LogP contribution in [-0.2, 0) is 6.54 Å². The van der Waals surface area contributed by atoms with Gasteiger partial charge >= 0.3 is 0 Å². The van der Waals surface area contributed by atoms with E-state index in [0.717, 1.165) is 42.5 Å². The molecule has 0 spiro atoms. The van der Waals surface area contributed by atoms with Crippen molar-refractivity contribution >= 4 is 5.96 Å². The molecule has 0 radical (unpaired) electrons. The average molecular weight is 386 g/mol. The van der Waals surface area contributed by atoms with Gasteiger partial charge in [-0.25, -0.2) is 4.98 Å². The van der Waals surface area contributed by atoms with Crippen LogP contribution in [0.5, 0.6) is 11.5 Å². The van der Waals surface area contributed by atoms with Gasteiger partial charge in [0.05, 0.1) is 26.1 Å². The number of aromatic nitrogens is 2. The van der Waals surface area contributed by atoms with E-state index in [1.54, 1.807) is 7.11 Å². The number of aliphatic imine (C=N–C) groups is 1. The fourth-order valence-corrected chi connectivity index (χ4v) is 3.71. The van der Waals surface area contributed by atoms with Gasteiger partial charge in [0.25, 0.3) is 0 Å². The summed E-state index contributed by atoms with van der Waals surface area (Å²) in [7, 11) is 3.50. The number of hydrogen-bond acceptors (Lipinski definition) is 4. The van der Waals surface area contributed by atoms with E-state index in [-0.39, 0.29) is 0 Å². The molecule has 1 aliphatic rings. The SMILES string of the molecule is CCOc1ccc(CNC(=NC)N2CCC(C)C(n3ccnc3)C2)cc1OC. The van der Waals surface area contributed by atoms with E-state index in [2.05, 4.69) is 37.8 Å². The summed E-state index contributed by atoms with van der Waals surface area (Å²) in [6.45, 7) is 7.49. The number of guanidine groups is 1. The molecule has 2 heterocycles. The molecule has 7 heteroatoms. The molecule has 2 aromatic rings. The summed E-state index contributed by atoms with van der Waals surface area (Å²) in [5, 5.41) is 3.49. The molecule has 3 rings (SSSR count). The molecule has 0 aliphatic carbocycles. The third-order valence-electron chi connectivity index (χ3n) is 5.32. The van der Waals surface area contributed by atoms with Crippen LogP contribution in [0.25, 0.3) is 0 Å². The van der Waals surface area contributed by atoms with Crippen molar-refractivity contribution in [3.63, 3.8) is 0 Å². The number of benzene rings is 1. The third kappa shape index (κ3) is 4.58. The van der Waals surface area contributed by atoms with E-state index in [0.29, 0.717) is 25.1 Å². The van der Waals surface area contributed by atoms with Crippen LogP contribution in [0, 0.1) is 5.92 Å². The maximum Gasteiger partial charge on any atom is 0.193 e. The maximum absolute atomic E-state index is 5.60. The zero-order valence-electron chi connectivity index (χ0n) is 17.3. The summed E-state index contributed by atoms with van der Waals surface area (Å²) in [6, 6.07) is 6.43. The fourth-order valence-electron chi connectivity index (χ4n) is 3.71. The predicted octanol–water partition coefficient (Wildman–Crippen LogP) is 2.95. The standard InChI is InChI=1S/C21H31N5O2/c1-5-28-19-7-6-17(12-20(19)27-4)13-24-21(22-3)25-10-8-16(2)18(14-25)26-11-9-23-15-26/h6-7,9,11-12,15-16,18H,5,8,10,13-14H2,1-4H3,(H,22,24). The van der Waals surface area contributed by atoms with Gasteiger partial charge < -0.3 is 24.3 Å². The quantitative estimate of drug-likeness (QED) is 0.612. The smallest absolute Gasteiger partial charge is 0.193 e. The predicted molar refractivity (Wildman–Crippen MR) is 111 cm³/mol. The van der Waals surface area contributed by atoms with Gasteiger partial charge in [0.15, 0.2) is 17.5 Å². The van der Waals surface area contributed by atoms with Gasteiger partial charge in [0.2, 0.25) is 0 Å². The third-order valence-corrected chi connectivity index (χ3v) is 5.32. The normalized spacial score (nSPS) is 20.1. The molecule has 0 saturated carbocycles. The summed E-state index contributed by atoms with van der Waals surface area (Å²) in [6.07, 6.45) is 6.93. The van der Waals surface area contributed by atoms with Gasteiger partial charge in [-0.1, -0.05) is 13.0 Å². The summed E-state index contributed by atoms with van der Waals surface area (Å²) in [5.41, 5.74) is 1.12. The molecule has 2 unspecified atom stereocenters. The topological polar surface area (TPSA) is 63.9 Å². The van der Waals surface area contributed by atoms with Gasteiger partial charge in [-0.15, -0.1) is 0 Å². The lowest BCUT2D eigenvalue weighted by molar-refractivity contribution is 0.189. The summed E-state index contributed by atoms with van der Waals surface area (Å²) < 4.78 is 13.3. The van der Waals surface area contributed by atoms with Crippen LogP contribution in [0.15, 0.2) is 41.9 Å². The van der Waals surface area contributed by atoms with Crippen LogP contribution in [0.1, 0.15) is 31.9 Å². The van der Waals surface area contributed by atoms with Crippen molar-refractivity contribution in [2.75, 3.05) is 33.9 Å². The lowest BCUT2D eigenvalue weighted by Gasteiger charge is -2.39. The van der Waals surface area contributed by atoms with Crippen molar-refractivity contribution in [1.82, 2.24) is 19.8 Å². The number of nitrogens with one attached hydrogen (secondary N) is 1. The van der Waals surface area contributed by atoms with Gasteiger partial charge in [-0.05, 0) is 37.0 Å². The van der Waals surface area contributed by atoms with Crippen LogP contribution < -0.4 is 14.8 Å². The fraction of sp³-hybridized carbons (Fsp3) is 0.524. The number of nitrogens with zero attached hydrogens (tertiary/aromatic N) is 4. The molecule has 0 amide bonds. The number of hydrogen-bond donors (Lipinski definition) is 1. The first kappa shape index (κ1) is 20.0. The molecule has 1 aliphatic heterocycles. The Morgan fingerprint density at radius 3 is 2.89 bits per heavy atom. The molecule has 28 heavy (non-hydrogen) atoms. The van der Waals surface area contributed by atoms with E-state index >= 15 is 0 Å². The van der Waals surface area contributed by atoms with Crippen molar-refractivity contribution in [2.24, 2.45) is 10.9 Å². The highest BCUT2D eigenvalue weighted by molar-refractivity contribution is 5.80. The second-order valence-electron chi connectivity index (χ2n) is 7.11. The van der Waals surface area contributed by atoms with Crippen molar-refractivity contribution in [2.45, 2.75) is 32.9 Å². The van der Waals surface area contributed by atoms with E-state index in [1.807, 2.05) is 44.8 Å². The minimum absolute atomic E-state index is 0.403. The van der Waals surface area contributed by atoms with E-state index in [4.69, 9.17) is 9.47 Å². The summed E-state index contributed by atoms with van der Waals surface area (Å²) >= 11 is 0. The minimum atomic E-state index is 0.403. The van der Waals surface area contributed by atoms with Crippen molar-refractivity contribution in [3.8, 4) is 11.5 Å². The summed E-state index contributed by atoms with van der Waals surface area (Å²) in [5.74, 6) is 3.05.